The van der Waals surface area contributed by atoms with Crippen molar-refractivity contribution in [3.63, 3.8) is 0 Å². The fourth-order valence-corrected chi connectivity index (χ4v) is 4.22. The first-order valence-electron chi connectivity index (χ1n) is 10.4. The minimum absolute atomic E-state index is 0.542. The van der Waals surface area contributed by atoms with Crippen LogP contribution in [0, 0.1) is 0 Å². The standard InChI is InChI=1S/C25H27N3O2S/c1-28(2)15-6-16-29-22-13-11-20(12-14-22)25-27-26-24(30-25)18-31-17-21-9-5-8-19-7-3-4-10-23(19)21/h3-5,7-14H,6,15-18H2,1-2H3. The van der Waals surface area contributed by atoms with E-state index in [4.69, 9.17) is 9.15 Å². The Morgan fingerprint density at radius 1 is 0.903 bits per heavy atom. The van der Waals surface area contributed by atoms with Crippen molar-refractivity contribution in [1.82, 2.24) is 15.1 Å². The highest BCUT2D eigenvalue weighted by atomic mass is 32.2. The predicted molar refractivity (Wildman–Crippen MR) is 127 cm³/mol. The van der Waals surface area contributed by atoms with Crippen molar-refractivity contribution in [2.45, 2.75) is 17.9 Å². The first kappa shape index (κ1) is 21.4. The molecule has 0 saturated carbocycles. The molecule has 0 spiro atoms. The normalized spacial score (nSPS) is 11.3. The lowest BCUT2D eigenvalue weighted by Crippen LogP contribution is -2.15. The summed E-state index contributed by atoms with van der Waals surface area (Å²) in [6, 6.07) is 22.7. The molecule has 6 heteroatoms. The first-order chi connectivity index (χ1) is 15.2. The number of aromatic nitrogens is 2. The van der Waals surface area contributed by atoms with E-state index in [-0.39, 0.29) is 0 Å². The largest absolute Gasteiger partial charge is 0.494 e. The summed E-state index contributed by atoms with van der Waals surface area (Å²) in [4.78, 5) is 2.15. The summed E-state index contributed by atoms with van der Waals surface area (Å²) in [5.74, 6) is 3.62. The maximum atomic E-state index is 5.87. The van der Waals surface area contributed by atoms with Crippen molar-refractivity contribution in [3.8, 4) is 17.2 Å². The van der Waals surface area contributed by atoms with Gasteiger partial charge >= 0.3 is 0 Å². The minimum atomic E-state index is 0.542. The fraction of sp³-hybridized carbons (Fsp3) is 0.280. The van der Waals surface area contributed by atoms with Crippen molar-refractivity contribution in [2.24, 2.45) is 0 Å². The number of rotatable bonds is 10. The van der Waals surface area contributed by atoms with Crippen LogP contribution >= 0.6 is 11.8 Å². The van der Waals surface area contributed by atoms with Gasteiger partial charge in [0.15, 0.2) is 0 Å². The van der Waals surface area contributed by atoms with Crippen LogP contribution in [0.2, 0.25) is 0 Å². The Morgan fingerprint density at radius 3 is 2.55 bits per heavy atom. The second-order valence-corrected chi connectivity index (χ2v) is 8.65. The van der Waals surface area contributed by atoms with Crippen LogP contribution in [0.3, 0.4) is 0 Å². The summed E-state index contributed by atoms with van der Waals surface area (Å²) in [6.45, 7) is 1.72. The molecular weight excluding hydrogens is 406 g/mol. The predicted octanol–water partition coefficient (Wildman–Crippen LogP) is 5.65. The van der Waals surface area contributed by atoms with Crippen LogP contribution in [0.1, 0.15) is 17.9 Å². The van der Waals surface area contributed by atoms with Gasteiger partial charge in [0.25, 0.3) is 0 Å². The third-order valence-electron chi connectivity index (χ3n) is 4.95. The molecule has 1 heterocycles. The Kier molecular flexibility index (Phi) is 7.22. The molecule has 0 aliphatic carbocycles. The van der Waals surface area contributed by atoms with Gasteiger partial charge in [0.2, 0.25) is 11.8 Å². The fourth-order valence-electron chi connectivity index (χ4n) is 3.36. The summed E-state index contributed by atoms with van der Waals surface area (Å²) in [5, 5.41) is 11.0. The zero-order chi connectivity index (χ0) is 21.5. The van der Waals surface area contributed by atoms with Gasteiger partial charge in [-0.15, -0.1) is 22.0 Å². The topological polar surface area (TPSA) is 51.4 Å². The third kappa shape index (κ3) is 5.87. The average Bonchev–Trinajstić information content (AvgIpc) is 3.26. The van der Waals surface area contributed by atoms with Gasteiger partial charge in [0, 0.05) is 17.9 Å². The molecule has 0 N–H and O–H groups in total. The molecule has 0 aliphatic heterocycles. The van der Waals surface area contributed by atoms with E-state index >= 15 is 0 Å². The molecule has 4 rings (SSSR count). The van der Waals surface area contributed by atoms with Crippen LogP contribution in [-0.4, -0.2) is 42.3 Å². The van der Waals surface area contributed by atoms with Crippen LogP contribution in [0.25, 0.3) is 22.2 Å². The molecule has 0 radical (unpaired) electrons. The number of ether oxygens (including phenoxy) is 1. The lowest BCUT2D eigenvalue weighted by molar-refractivity contribution is 0.281. The highest BCUT2D eigenvalue weighted by Gasteiger charge is 2.10. The van der Waals surface area contributed by atoms with E-state index in [0.717, 1.165) is 30.0 Å². The van der Waals surface area contributed by atoms with Gasteiger partial charge in [-0.25, -0.2) is 0 Å². The second-order valence-electron chi connectivity index (χ2n) is 7.66. The van der Waals surface area contributed by atoms with Gasteiger partial charge in [0.05, 0.1) is 12.4 Å². The molecule has 160 valence electrons. The van der Waals surface area contributed by atoms with Crippen LogP contribution in [-0.2, 0) is 11.5 Å². The zero-order valence-corrected chi connectivity index (χ0v) is 18.8. The van der Waals surface area contributed by atoms with Crippen molar-refractivity contribution in [1.29, 1.82) is 0 Å². The summed E-state index contributed by atoms with van der Waals surface area (Å²) >= 11 is 1.78. The minimum Gasteiger partial charge on any atom is -0.494 e. The lowest BCUT2D eigenvalue weighted by Gasteiger charge is -2.10. The first-order valence-corrected chi connectivity index (χ1v) is 11.6. The van der Waals surface area contributed by atoms with Crippen molar-refractivity contribution in [2.75, 3.05) is 27.2 Å². The zero-order valence-electron chi connectivity index (χ0n) is 18.0. The van der Waals surface area contributed by atoms with Crippen LogP contribution in [0.15, 0.2) is 71.1 Å². The molecule has 1 aromatic heterocycles. The van der Waals surface area contributed by atoms with E-state index in [2.05, 4.69) is 71.7 Å². The Balaban J connectivity index is 1.30. The second kappa shape index (κ2) is 10.5. The van der Waals surface area contributed by atoms with Crippen LogP contribution in [0.5, 0.6) is 5.75 Å². The van der Waals surface area contributed by atoms with Gasteiger partial charge in [-0.3, -0.25) is 0 Å². The van der Waals surface area contributed by atoms with Gasteiger partial charge in [-0.2, -0.15) is 0 Å². The molecule has 0 atom stereocenters. The number of hydrogen-bond donors (Lipinski definition) is 0. The van der Waals surface area contributed by atoms with Crippen LogP contribution in [0.4, 0.5) is 0 Å². The average molecular weight is 434 g/mol. The Hall–Kier alpha value is -2.83. The molecule has 0 saturated heterocycles. The number of nitrogens with zero attached hydrogens (tertiary/aromatic N) is 3. The Labute approximate surface area is 187 Å². The van der Waals surface area contributed by atoms with Gasteiger partial charge in [-0.1, -0.05) is 42.5 Å². The monoisotopic (exact) mass is 433 g/mol. The summed E-state index contributed by atoms with van der Waals surface area (Å²) in [6.07, 6.45) is 0.998. The van der Waals surface area contributed by atoms with E-state index in [1.54, 1.807) is 11.8 Å². The maximum Gasteiger partial charge on any atom is 0.247 e. The number of fused-ring (bicyclic) bond motifs is 1. The molecule has 0 unspecified atom stereocenters. The molecule has 5 nitrogen and oxygen atoms in total. The molecular formula is C25H27N3O2S. The number of hydrogen-bond acceptors (Lipinski definition) is 6. The highest BCUT2D eigenvalue weighted by Crippen LogP contribution is 2.26. The SMILES string of the molecule is CN(C)CCCOc1ccc(-c2nnc(CSCc3cccc4ccccc34)o2)cc1. The van der Waals surface area contributed by atoms with E-state index in [1.165, 1.54) is 16.3 Å². The quantitative estimate of drug-likeness (QED) is 0.301. The van der Waals surface area contributed by atoms with E-state index in [9.17, 15) is 0 Å². The van der Waals surface area contributed by atoms with Crippen molar-refractivity contribution < 1.29 is 9.15 Å². The lowest BCUT2D eigenvalue weighted by atomic mass is 10.1. The Bertz CT molecular complexity index is 1100. The number of benzene rings is 3. The number of thioether (sulfide) groups is 1. The molecule has 4 aromatic rings. The van der Waals surface area contributed by atoms with E-state index in [1.807, 2.05) is 24.3 Å². The van der Waals surface area contributed by atoms with Gasteiger partial charge < -0.3 is 14.1 Å². The summed E-state index contributed by atoms with van der Waals surface area (Å²) < 4.78 is 11.7. The molecule has 31 heavy (non-hydrogen) atoms. The third-order valence-corrected chi connectivity index (χ3v) is 5.92. The molecule has 0 aliphatic rings. The molecule has 0 fully saturated rings. The smallest absolute Gasteiger partial charge is 0.247 e. The van der Waals surface area contributed by atoms with E-state index < -0.39 is 0 Å². The highest BCUT2D eigenvalue weighted by molar-refractivity contribution is 7.97. The summed E-state index contributed by atoms with van der Waals surface area (Å²) in [5.41, 5.74) is 2.22. The molecule has 0 bridgehead atoms. The Morgan fingerprint density at radius 2 is 1.71 bits per heavy atom. The molecule has 3 aromatic carbocycles. The van der Waals surface area contributed by atoms with Crippen molar-refractivity contribution >= 4 is 22.5 Å². The summed E-state index contributed by atoms with van der Waals surface area (Å²) in [7, 11) is 4.13. The van der Waals surface area contributed by atoms with Crippen molar-refractivity contribution in [3.05, 3.63) is 78.2 Å². The van der Waals surface area contributed by atoms with Crippen LogP contribution < -0.4 is 4.74 Å². The molecule has 0 amide bonds. The van der Waals surface area contributed by atoms with E-state index in [0.29, 0.717) is 24.1 Å². The van der Waals surface area contributed by atoms with Gasteiger partial charge in [0.1, 0.15) is 5.75 Å². The van der Waals surface area contributed by atoms with Gasteiger partial charge in [-0.05, 0) is 61.1 Å². The maximum absolute atomic E-state index is 5.87.